The lowest BCUT2D eigenvalue weighted by atomic mass is 10.6. The van der Waals surface area contributed by atoms with Gasteiger partial charge in [-0.25, -0.2) is 23.1 Å². The maximum Gasteiger partial charge on any atom is 0.568 e. The quantitative estimate of drug-likeness (QED) is 0.291. The minimum absolute atomic E-state index is 1.60. The van der Waals surface area contributed by atoms with Crippen molar-refractivity contribution in [1.82, 2.24) is 0 Å². The summed E-state index contributed by atoms with van der Waals surface area (Å²) in [7, 11) is -5.68. The van der Waals surface area contributed by atoms with Crippen LogP contribution in [-0.4, -0.2) is 13.2 Å². The molecule has 0 fully saturated rings. The topological polar surface area (TPSA) is 54.0 Å². The van der Waals surface area contributed by atoms with E-state index in [1.807, 2.05) is 0 Å². The van der Waals surface area contributed by atoms with Crippen LogP contribution in [-0.2, 0) is 23.7 Å². The van der Waals surface area contributed by atoms with Gasteiger partial charge in [-0.15, -0.1) is 13.5 Å². The third-order valence-corrected chi connectivity index (χ3v) is 1.63. The van der Waals surface area contributed by atoms with Crippen molar-refractivity contribution >= 4 is 7.91 Å². The monoisotopic (exact) mass is 320 g/mol. The van der Waals surface area contributed by atoms with Crippen LogP contribution in [0.25, 0.3) is 0 Å². The lowest BCUT2D eigenvalue weighted by Gasteiger charge is -2.06. The van der Waals surface area contributed by atoms with Gasteiger partial charge in [0.25, 0.3) is 0 Å². The van der Waals surface area contributed by atoms with E-state index in [0.717, 1.165) is 0 Å². The number of rotatable bonds is 8. The van der Waals surface area contributed by atoms with Gasteiger partial charge in [-0.2, -0.15) is 17.6 Å². The van der Waals surface area contributed by atoms with Crippen LogP contribution in [0.4, 0.5) is 30.5 Å². The van der Waals surface area contributed by atoms with E-state index < -0.39 is 44.9 Å². The average molecular weight is 320 g/mol. The zero-order chi connectivity index (χ0) is 15.1. The Balaban J connectivity index is 4.04. The molecule has 0 aromatic rings. The summed E-state index contributed by atoms with van der Waals surface area (Å²) in [6, 6.07) is 0. The highest BCUT2D eigenvalue weighted by atomic mass is 31.2. The van der Waals surface area contributed by atoms with E-state index in [4.69, 9.17) is 0 Å². The van der Waals surface area contributed by atoms with E-state index in [2.05, 4.69) is 19.1 Å². The predicted molar refractivity (Wildman–Crippen MR) is 43.5 cm³/mol. The maximum absolute atomic E-state index is 12.6. The van der Waals surface area contributed by atoms with Gasteiger partial charge in [-0.05, 0) is 0 Å². The second kappa shape index (κ2) is 8.27. The normalized spacial score (nSPS) is 11.3. The third kappa shape index (κ3) is 8.72. The Hall–Kier alpha value is -0.940. The van der Waals surface area contributed by atoms with E-state index >= 15 is 0 Å². The Kier molecular flexibility index (Phi) is 7.87. The van der Waals surface area contributed by atoms with Crippen molar-refractivity contribution in [3.05, 3.63) is 23.8 Å². The summed E-state index contributed by atoms with van der Waals surface area (Å²) >= 11 is 0. The molecule has 0 aliphatic rings. The second-order valence-electron chi connectivity index (χ2n) is 2.43. The van der Waals surface area contributed by atoms with E-state index in [0.29, 0.717) is 0 Å². The molecule has 112 valence electrons. The standard InChI is InChI=1S/C6H4F7O5P/c7-3(5(9)10)1-15-17-19(13,14)18-16-2-4(8)6(11)12/h1-2H2. The highest BCUT2D eigenvalue weighted by Gasteiger charge is 2.29. The zero-order valence-corrected chi connectivity index (χ0v) is 9.44. The molecule has 0 atom stereocenters. The van der Waals surface area contributed by atoms with Crippen molar-refractivity contribution in [3.63, 3.8) is 0 Å². The lowest BCUT2D eigenvalue weighted by Crippen LogP contribution is -2.00. The fourth-order valence-electron chi connectivity index (χ4n) is 0.404. The fraction of sp³-hybridized carbons (Fsp3) is 0.333. The molecular weight excluding hydrogens is 316 g/mol. The molecule has 13 heteroatoms. The Morgan fingerprint density at radius 3 is 1.37 bits per heavy atom. The number of hydrogen-bond donors (Lipinski definition) is 0. The van der Waals surface area contributed by atoms with Gasteiger partial charge in [0.15, 0.2) is 11.7 Å². The molecule has 0 rings (SSSR count). The van der Waals surface area contributed by atoms with Crippen LogP contribution in [0.15, 0.2) is 23.8 Å². The molecule has 19 heavy (non-hydrogen) atoms. The Morgan fingerprint density at radius 2 is 1.11 bits per heavy atom. The summed E-state index contributed by atoms with van der Waals surface area (Å²) in [6.07, 6.45) is -5.58. The van der Waals surface area contributed by atoms with Crippen LogP contribution >= 0.6 is 7.91 Å². The average Bonchev–Trinajstić information content (AvgIpc) is 2.27. The van der Waals surface area contributed by atoms with E-state index in [1.54, 1.807) is 0 Å². The van der Waals surface area contributed by atoms with Gasteiger partial charge >= 0.3 is 20.1 Å². The molecule has 0 aromatic heterocycles. The van der Waals surface area contributed by atoms with Crippen molar-refractivity contribution in [1.29, 1.82) is 0 Å². The van der Waals surface area contributed by atoms with Crippen LogP contribution in [0.5, 0.6) is 0 Å². The van der Waals surface area contributed by atoms with Crippen LogP contribution < -0.4 is 0 Å². The summed E-state index contributed by atoms with van der Waals surface area (Å²) in [6.45, 7) is -3.21. The number of hydrogen-bond acceptors (Lipinski definition) is 5. The van der Waals surface area contributed by atoms with Crippen molar-refractivity contribution in [2.24, 2.45) is 0 Å². The first-order valence-corrected chi connectivity index (χ1v) is 5.40. The predicted octanol–water partition coefficient (Wildman–Crippen LogP) is 4.12. The molecule has 0 aliphatic carbocycles. The summed E-state index contributed by atoms with van der Waals surface area (Å²) in [5.74, 6) is -4.29. The molecule has 0 radical (unpaired) electrons. The van der Waals surface area contributed by atoms with Crippen LogP contribution in [0, 0.1) is 0 Å². The molecule has 0 unspecified atom stereocenters. The van der Waals surface area contributed by atoms with Crippen LogP contribution in [0.2, 0.25) is 0 Å². The summed E-state index contributed by atoms with van der Waals surface area (Å²) in [4.78, 5) is 6.83. The molecule has 0 saturated heterocycles. The Labute approximate surface area is 100 Å². The minimum Gasteiger partial charge on any atom is -0.219 e. The van der Waals surface area contributed by atoms with Gasteiger partial charge < -0.3 is 0 Å². The molecule has 0 aliphatic heterocycles. The van der Waals surface area contributed by atoms with Gasteiger partial charge in [0.1, 0.15) is 13.2 Å². The minimum atomic E-state index is -5.68. The molecule has 0 aromatic carbocycles. The molecule has 0 heterocycles. The molecule has 0 saturated carbocycles. The van der Waals surface area contributed by atoms with Crippen LogP contribution in [0.3, 0.4) is 0 Å². The molecule has 0 bridgehead atoms. The highest BCUT2D eigenvalue weighted by molar-refractivity contribution is 7.47. The van der Waals surface area contributed by atoms with E-state index in [9.17, 15) is 35.1 Å². The summed E-state index contributed by atoms with van der Waals surface area (Å²) in [5, 5.41) is 0. The highest BCUT2D eigenvalue weighted by Crippen LogP contribution is 2.50. The zero-order valence-electron chi connectivity index (χ0n) is 8.55. The fourth-order valence-corrected chi connectivity index (χ4v) is 0.786. The summed E-state index contributed by atoms with van der Waals surface area (Å²) < 4.78 is 99.4. The smallest absolute Gasteiger partial charge is 0.219 e. The van der Waals surface area contributed by atoms with Crippen molar-refractivity contribution in [3.8, 4) is 0 Å². The van der Waals surface area contributed by atoms with Gasteiger partial charge in [-0.3, -0.25) is 0 Å². The third-order valence-electron chi connectivity index (χ3n) is 1.06. The maximum atomic E-state index is 12.6. The molecular formula is C6H4F7O5P. The van der Waals surface area contributed by atoms with Crippen molar-refractivity contribution < 1.29 is 54.2 Å². The van der Waals surface area contributed by atoms with E-state index in [-0.39, 0.29) is 0 Å². The van der Waals surface area contributed by atoms with Gasteiger partial charge in [0.05, 0.1) is 0 Å². The second-order valence-corrected chi connectivity index (χ2v) is 3.59. The Morgan fingerprint density at radius 1 is 0.789 bits per heavy atom. The number of halogens is 7. The molecule has 0 spiro atoms. The van der Waals surface area contributed by atoms with Gasteiger partial charge in [-0.1, -0.05) is 0 Å². The van der Waals surface area contributed by atoms with Crippen molar-refractivity contribution in [2.45, 2.75) is 0 Å². The van der Waals surface area contributed by atoms with Gasteiger partial charge in [0, 0.05) is 0 Å². The van der Waals surface area contributed by atoms with E-state index in [1.165, 1.54) is 0 Å². The molecule has 0 N–H and O–H groups in total. The van der Waals surface area contributed by atoms with Crippen LogP contribution in [0.1, 0.15) is 0 Å². The SMILES string of the molecule is O=P(F)(OOCC(F)=C(F)F)OOCC(F)=C(F)F. The molecule has 5 nitrogen and oxygen atoms in total. The lowest BCUT2D eigenvalue weighted by molar-refractivity contribution is -0.270. The largest absolute Gasteiger partial charge is 0.568 e. The van der Waals surface area contributed by atoms with Gasteiger partial charge in [0.2, 0.25) is 0 Å². The first-order valence-electron chi connectivity index (χ1n) is 3.97. The summed E-state index contributed by atoms with van der Waals surface area (Å²) in [5.41, 5.74) is 0. The first kappa shape index (κ1) is 18.1. The Bertz CT molecular complexity index is 369. The first-order chi connectivity index (χ1) is 8.65. The molecule has 0 amide bonds. The van der Waals surface area contributed by atoms with Crippen molar-refractivity contribution in [2.75, 3.05) is 13.2 Å².